The number of nitrogens with zero attached hydrogens (tertiary/aromatic N) is 2. The van der Waals surface area contributed by atoms with Crippen LogP contribution in [0.25, 0.3) is 0 Å². The molecule has 4 nitrogen and oxygen atoms in total. The number of urea groups is 1. The van der Waals surface area contributed by atoms with Crippen LogP contribution in [-0.2, 0) is 0 Å². The highest BCUT2D eigenvalue weighted by Gasteiger charge is 2.30. The van der Waals surface area contributed by atoms with Crippen LogP contribution in [0.2, 0.25) is 0 Å². The smallest absolute Gasteiger partial charge is 0.317 e. The average molecular weight is 386 g/mol. The molecule has 2 aliphatic rings. The molecule has 26 heavy (non-hydrogen) atoms. The van der Waals surface area contributed by atoms with E-state index >= 15 is 0 Å². The van der Waals surface area contributed by atoms with Gasteiger partial charge in [-0.3, -0.25) is 4.98 Å². The Balaban J connectivity index is 1.46. The topological polar surface area (TPSA) is 45.2 Å². The number of hydrogen-bond acceptors (Lipinski definition) is 4. The largest absolute Gasteiger partial charge is 0.322 e. The lowest BCUT2D eigenvalue weighted by molar-refractivity contribution is 0.207. The van der Waals surface area contributed by atoms with Gasteiger partial charge in [-0.15, -0.1) is 23.5 Å². The van der Waals surface area contributed by atoms with E-state index in [9.17, 15) is 4.79 Å². The summed E-state index contributed by atoms with van der Waals surface area (Å²) in [4.78, 5) is 18.9. The molecule has 0 bridgehead atoms. The molecule has 0 unspecified atom stereocenters. The second kappa shape index (κ2) is 8.35. The van der Waals surface area contributed by atoms with Crippen molar-refractivity contribution >= 4 is 35.2 Å². The Morgan fingerprint density at radius 3 is 2.69 bits per heavy atom. The molecule has 2 aromatic rings. The lowest BCUT2D eigenvalue weighted by Gasteiger charge is -2.26. The van der Waals surface area contributed by atoms with Gasteiger partial charge in [0.25, 0.3) is 0 Å². The highest BCUT2D eigenvalue weighted by molar-refractivity contribution is 8.16. The van der Waals surface area contributed by atoms with E-state index in [1.165, 1.54) is 23.5 Å². The van der Waals surface area contributed by atoms with E-state index in [-0.39, 0.29) is 12.1 Å². The van der Waals surface area contributed by atoms with Crippen LogP contribution in [0.4, 0.5) is 10.5 Å². The Hall–Kier alpha value is -1.66. The van der Waals surface area contributed by atoms with Crippen LogP contribution in [0, 0.1) is 0 Å². The van der Waals surface area contributed by atoms with Gasteiger partial charge < -0.3 is 10.2 Å². The predicted octanol–water partition coefficient (Wildman–Crippen LogP) is 5.32. The van der Waals surface area contributed by atoms with Crippen LogP contribution in [0.3, 0.4) is 0 Å². The Morgan fingerprint density at radius 2 is 1.88 bits per heavy atom. The molecule has 0 spiro atoms. The number of anilines is 1. The molecule has 2 aliphatic heterocycles. The second-order valence-electron chi connectivity index (χ2n) is 6.61. The Bertz CT molecular complexity index is 750. The maximum atomic E-state index is 12.9. The molecule has 0 radical (unpaired) electrons. The Kier molecular flexibility index (Phi) is 5.70. The lowest BCUT2D eigenvalue weighted by Crippen LogP contribution is -2.34. The third-order valence-electron chi connectivity index (χ3n) is 4.84. The van der Waals surface area contributed by atoms with Crippen molar-refractivity contribution < 1.29 is 4.79 Å². The average Bonchev–Trinajstić information content (AvgIpc) is 3.20. The van der Waals surface area contributed by atoms with E-state index in [0.717, 1.165) is 30.6 Å². The van der Waals surface area contributed by atoms with Crippen molar-refractivity contribution in [3.8, 4) is 0 Å². The van der Waals surface area contributed by atoms with E-state index in [1.54, 1.807) is 12.4 Å². The van der Waals surface area contributed by atoms with Gasteiger partial charge in [-0.25, -0.2) is 4.79 Å². The minimum atomic E-state index is -0.00888. The van der Waals surface area contributed by atoms with Crippen molar-refractivity contribution in [3.63, 3.8) is 0 Å². The zero-order valence-electron chi connectivity index (χ0n) is 14.6. The van der Waals surface area contributed by atoms with Crippen molar-refractivity contribution in [2.45, 2.75) is 29.9 Å². The summed E-state index contributed by atoms with van der Waals surface area (Å²) in [5.74, 6) is 2.44. The van der Waals surface area contributed by atoms with Gasteiger partial charge in [0.15, 0.2) is 0 Å². The summed E-state index contributed by atoms with van der Waals surface area (Å²) in [6.07, 6.45) is 6.93. The summed E-state index contributed by atoms with van der Waals surface area (Å²) in [5.41, 5.74) is 3.35. The molecule has 2 fully saturated rings. The van der Waals surface area contributed by atoms with Gasteiger partial charge >= 0.3 is 6.03 Å². The number of thioether (sulfide) groups is 2. The first-order valence-corrected chi connectivity index (χ1v) is 11.2. The van der Waals surface area contributed by atoms with Crippen LogP contribution < -0.4 is 5.32 Å². The molecule has 6 heteroatoms. The fraction of sp³-hybridized carbons (Fsp3) is 0.400. The molecule has 3 heterocycles. The summed E-state index contributed by atoms with van der Waals surface area (Å²) >= 11 is 4.00. The molecule has 1 N–H and O–H groups in total. The van der Waals surface area contributed by atoms with Gasteiger partial charge in [0.2, 0.25) is 0 Å². The fourth-order valence-corrected chi connectivity index (χ4v) is 6.45. The second-order valence-corrected chi connectivity index (χ2v) is 9.34. The number of likely N-dealkylation sites (tertiary alicyclic amines) is 1. The molecule has 1 aromatic heterocycles. The number of benzene rings is 1. The van der Waals surface area contributed by atoms with Crippen LogP contribution in [0.1, 0.15) is 41.0 Å². The molecule has 2 amide bonds. The maximum absolute atomic E-state index is 12.9. The number of pyridine rings is 1. The summed E-state index contributed by atoms with van der Waals surface area (Å²) in [5, 5.41) is 3.12. The molecule has 0 aliphatic carbocycles. The zero-order chi connectivity index (χ0) is 17.8. The van der Waals surface area contributed by atoms with Gasteiger partial charge in [0, 0.05) is 24.6 Å². The number of carbonyl (C=O) groups is 1. The number of amides is 2. The first-order chi connectivity index (χ1) is 12.8. The minimum absolute atomic E-state index is 0.00888. The van der Waals surface area contributed by atoms with Crippen molar-refractivity contribution in [1.82, 2.24) is 9.88 Å². The van der Waals surface area contributed by atoms with Crippen molar-refractivity contribution in [3.05, 3.63) is 59.9 Å². The normalized spacial score (nSPS) is 20.9. The van der Waals surface area contributed by atoms with Crippen LogP contribution >= 0.6 is 23.5 Å². The van der Waals surface area contributed by atoms with Crippen molar-refractivity contribution in [1.29, 1.82) is 0 Å². The first-order valence-electron chi connectivity index (χ1n) is 9.12. The molecular formula is C20H23N3OS2. The first kappa shape index (κ1) is 17.7. The summed E-state index contributed by atoms with van der Waals surface area (Å²) in [6.45, 7) is 0.798. The number of hydrogen-bond donors (Lipinski definition) is 1. The molecule has 2 saturated heterocycles. The van der Waals surface area contributed by atoms with E-state index in [2.05, 4.69) is 22.4 Å². The Morgan fingerprint density at radius 1 is 1.08 bits per heavy atom. The summed E-state index contributed by atoms with van der Waals surface area (Å²) in [7, 11) is 0. The van der Waals surface area contributed by atoms with Gasteiger partial charge in [-0.2, -0.15) is 0 Å². The van der Waals surface area contributed by atoms with Gasteiger partial charge in [-0.1, -0.05) is 12.1 Å². The minimum Gasteiger partial charge on any atom is -0.317 e. The highest BCUT2D eigenvalue weighted by atomic mass is 32.2. The van der Waals surface area contributed by atoms with Crippen LogP contribution in [0.5, 0.6) is 0 Å². The van der Waals surface area contributed by atoms with Gasteiger partial charge in [0.05, 0.1) is 10.6 Å². The SMILES string of the molecule is O=C(Nc1cccc(C2SCCCS2)c1)N1CCC[C@H]1c1ccncc1. The molecule has 1 aromatic carbocycles. The molecule has 1 atom stereocenters. The number of nitrogens with one attached hydrogen (secondary N) is 1. The van der Waals surface area contributed by atoms with Gasteiger partial charge in [0.1, 0.15) is 0 Å². The zero-order valence-corrected chi connectivity index (χ0v) is 16.3. The van der Waals surface area contributed by atoms with E-state index in [0.29, 0.717) is 4.58 Å². The van der Waals surface area contributed by atoms with E-state index in [1.807, 2.05) is 52.7 Å². The van der Waals surface area contributed by atoms with E-state index < -0.39 is 0 Å². The highest BCUT2D eigenvalue weighted by Crippen LogP contribution is 2.44. The molecule has 136 valence electrons. The van der Waals surface area contributed by atoms with Gasteiger partial charge in [-0.05, 0) is 66.2 Å². The molecule has 4 rings (SSSR count). The number of rotatable bonds is 3. The number of carbonyl (C=O) groups excluding carboxylic acids is 1. The third-order valence-corrected chi connectivity index (χ3v) is 7.86. The summed E-state index contributed by atoms with van der Waals surface area (Å²) in [6, 6.07) is 12.5. The fourth-order valence-electron chi connectivity index (χ4n) is 3.58. The monoisotopic (exact) mass is 385 g/mol. The quantitative estimate of drug-likeness (QED) is 0.777. The molecular weight excluding hydrogens is 362 g/mol. The van der Waals surface area contributed by atoms with Crippen LogP contribution in [-0.4, -0.2) is 34.0 Å². The maximum Gasteiger partial charge on any atom is 0.322 e. The predicted molar refractivity (Wildman–Crippen MR) is 111 cm³/mol. The van der Waals surface area contributed by atoms with Crippen LogP contribution in [0.15, 0.2) is 48.8 Å². The molecule has 0 saturated carbocycles. The van der Waals surface area contributed by atoms with E-state index in [4.69, 9.17) is 0 Å². The van der Waals surface area contributed by atoms with Crippen molar-refractivity contribution in [2.75, 3.05) is 23.4 Å². The van der Waals surface area contributed by atoms with Crippen molar-refractivity contribution in [2.24, 2.45) is 0 Å². The summed E-state index contributed by atoms with van der Waals surface area (Å²) < 4.78 is 0.483. The third kappa shape index (κ3) is 4.01. The Labute approximate surface area is 163 Å². The standard InChI is InChI=1S/C20H23N3OS2/c24-20(23-11-2-6-18(23)15-7-9-21-10-8-15)22-17-5-1-4-16(14-17)19-25-12-3-13-26-19/h1,4-5,7-10,14,18-19H,2-3,6,11-13H2,(H,22,24)/t18-/m0/s1. The lowest BCUT2D eigenvalue weighted by atomic mass is 10.1. The number of aromatic nitrogens is 1.